The Kier molecular flexibility index (Phi) is 4.98. The topological polar surface area (TPSA) is 29.5 Å². The van der Waals surface area contributed by atoms with Gasteiger partial charge >= 0.3 is 0 Å². The molecular weight excluding hydrogens is 406 g/mol. The summed E-state index contributed by atoms with van der Waals surface area (Å²) in [5.74, 6) is 3.21. The largest absolute Gasteiger partial charge is 0.479 e. The summed E-state index contributed by atoms with van der Waals surface area (Å²) in [5.41, 5.74) is 0.881. The lowest BCUT2D eigenvalue weighted by Gasteiger charge is -2.09. The fourth-order valence-electron chi connectivity index (χ4n) is 0.955. The van der Waals surface area contributed by atoms with Gasteiger partial charge in [-0.15, -0.1) is 6.42 Å². The first-order chi connectivity index (χ1) is 6.69. The van der Waals surface area contributed by atoms with E-state index >= 15 is 0 Å². The van der Waals surface area contributed by atoms with E-state index < -0.39 is 0 Å². The maximum atomic E-state index is 8.97. The highest BCUT2D eigenvalue weighted by atomic mass is 127. The number of hydrogen-bond donors (Lipinski definition) is 1. The molecule has 1 rings (SSSR count). The summed E-state index contributed by atoms with van der Waals surface area (Å²) < 4.78 is 7.32. The van der Waals surface area contributed by atoms with Crippen LogP contribution in [-0.2, 0) is 6.61 Å². The lowest BCUT2D eigenvalue weighted by atomic mass is 10.2. The Hall–Kier alpha value is -0.000000000000000111. The monoisotopic (exact) mass is 414 g/mol. The van der Waals surface area contributed by atoms with Crippen molar-refractivity contribution in [2.24, 2.45) is 0 Å². The van der Waals surface area contributed by atoms with Crippen LogP contribution in [0.4, 0.5) is 0 Å². The zero-order valence-electron chi connectivity index (χ0n) is 7.26. The zero-order chi connectivity index (χ0) is 10.6. The predicted octanol–water partition coefficient (Wildman–Crippen LogP) is 2.40. The molecule has 0 aromatic heterocycles. The Labute approximate surface area is 110 Å². The number of aliphatic hydroxyl groups is 1. The zero-order valence-corrected chi connectivity index (χ0v) is 11.6. The molecule has 0 unspecified atom stereocenters. The summed E-state index contributed by atoms with van der Waals surface area (Å²) >= 11 is 4.33. The third kappa shape index (κ3) is 3.00. The Balaban J connectivity index is 3.00. The van der Waals surface area contributed by atoms with E-state index in [4.69, 9.17) is 16.3 Å². The predicted molar refractivity (Wildman–Crippen MR) is 72.1 cm³/mol. The molecule has 1 aromatic rings. The molecule has 1 N–H and O–H groups in total. The number of terminal acetylenes is 1. The van der Waals surface area contributed by atoms with Crippen LogP contribution in [0.15, 0.2) is 12.1 Å². The third-order valence-corrected chi connectivity index (χ3v) is 3.14. The summed E-state index contributed by atoms with van der Waals surface area (Å²) in [7, 11) is 0. The van der Waals surface area contributed by atoms with Gasteiger partial charge in [0.25, 0.3) is 0 Å². The Bertz CT molecular complexity index is 346. The van der Waals surface area contributed by atoms with E-state index in [1.54, 1.807) is 0 Å². The van der Waals surface area contributed by atoms with Gasteiger partial charge in [0.2, 0.25) is 0 Å². The molecular formula is C10H8I2O2. The molecule has 0 atom stereocenters. The maximum Gasteiger partial charge on any atom is 0.148 e. The minimum absolute atomic E-state index is 0.0431. The molecule has 2 nitrogen and oxygen atoms in total. The van der Waals surface area contributed by atoms with Gasteiger partial charge in [-0.3, -0.25) is 0 Å². The van der Waals surface area contributed by atoms with E-state index in [1.807, 2.05) is 12.1 Å². The van der Waals surface area contributed by atoms with Gasteiger partial charge in [0.15, 0.2) is 0 Å². The van der Waals surface area contributed by atoms with Crippen LogP contribution in [0, 0.1) is 19.5 Å². The molecule has 0 fully saturated rings. The summed E-state index contributed by atoms with van der Waals surface area (Å²) in [6.45, 7) is 0.311. The minimum atomic E-state index is 0.0431. The highest BCUT2D eigenvalue weighted by Crippen LogP contribution is 2.28. The molecule has 0 aliphatic heterocycles. The van der Waals surface area contributed by atoms with Gasteiger partial charge in [-0.1, -0.05) is 5.92 Å². The molecule has 0 aliphatic rings. The Morgan fingerprint density at radius 1 is 1.36 bits per heavy atom. The van der Waals surface area contributed by atoms with Crippen molar-refractivity contribution >= 4 is 45.2 Å². The average Bonchev–Trinajstić information content (AvgIpc) is 2.16. The molecule has 0 saturated heterocycles. The number of rotatable bonds is 3. The second-order valence-corrected chi connectivity index (χ2v) is 4.86. The molecule has 0 saturated carbocycles. The molecule has 0 radical (unpaired) electrons. The summed E-state index contributed by atoms with van der Waals surface area (Å²) in [4.78, 5) is 0. The molecule has 0 amide bonds. The van der Waals surface area contributed by atoms with E-state index in [9.17, 15) is 0 Å². The quantitative estimate of drug-likeness (QED) is 0.609. The second-order valence-electron chi connectivity index (χ2n) is 2.54. The van der Waals surface area contributed by atoms with Crippen LogP contribution < -0.4 is 4.74 Å². The minimum Gasteiger partial charge on any atom is -0.479 e. The lowest BCUT2D eigenvalue weighted by molar-refractivity contribution is 0.281. The van der Waals surface area contributed by atoms with Crippen LogP contribution in [0.1, 0.15) is 5.56 Å². The summed E-state index contributed by atoms with van der Waals surface area (Å²) in [5, 5.41) is 8.97. The highest BCUT2D eigenvalue weighted by molar-refractivity contribution is 14.1. The molecule has 0 spiro atoms. The number of ether oxygens (including phenoxy) is 1. The highest BCUT2D eigenvalue weighted by Gasteiger charge is 2.07. The van der Waals surface area contributed by atoms with Crippen LogP contribution >= 0.6 is 45.2 Å². The van der Waals surface area contributed by atoms with Gasteiger partial charge < -0.3 is 9.84 Å². The molecule has 0 aliphatic carbocycles. The molecule has 0 heterocycles. The fraction of sp³-hybridized carbons (Fsp3) is 0.200. The van der Waals surface area contributed by atoms with E-state index in [2.05, 4.69) is 51.1 Å². The first-order valence-electron chi connectivity index (χ1n) is 3.84. The standard InChI is InChI=1S/C10H8I2O2/c1-2-3-14-10-8(11)4-7(6-13)5-9(10)12/h1,4-5,13H,3,6H2. The lowest BCUT2D eigenvalue weighted by Crippen LogP contribution is -1.99. The van der Waals surface area contributed by atoms with E-state index in [1.165, 1.54) is 0 Å². The van der Waals surface area contributed by atoms with Crippen LogP contribution in [0.5, 0.6) is 5.75 Å². The van der Waals surface area contributed by atoms with E-state index in [0.717, 1.165) is 18.5 Å². The third-order valence-electron chi connectivity index (χ3n) is 1.54. The SMILES string of the molecule is C#CCOc1c(I)cc(CO)cc1I. The van der Waals surface area contributed by atoms with Gasteiger partial charge in [0.05, 0.1) is 13.7 Å². The summed E-state index contributed by atoms with van der Waals surface area (Å²) in [6, 6.07) is 3.77. The fourth-order valence-corrected chi connectivity index (χ4v) is 3.16. The van der Waals surface area contributed by atoms with Gasteiger partial charge in [0.1, 0.15) is 12.4 Å². The second kappa shape index (κ2) is 5.78. The molecule has 74 valence electrons. The maximum absolute atomic E-state index is 8.97. The van der Waals surface area contributed by atoms with Crippen molar-refractivity contribution in [2.45, 2.75) is 6.61 Å². The van der Waals surface area contributed by atoms with Crippen LogP contribution in [0.3, 0.4) is 0 Å². The van der Waals surface area contributed by atoms with Crippen LogP contribution in [0.25, 0.3) is 0 Å². The molecule has 14 heavy (non-hydrogen) atoms. The Morgan fingerprint density at radius 2 is 1.93 bits per heavy atom. The Morgan fingerprint density at radius 3 is 2.36 bits per heavy atom. The molecule has 4 heteroatoms. The number of hydrogen-bond acceptors (Lipinski definition) is 2. The van der Waals surface area contributed by atoms with E-state index in [0.29, 0.717) is 0 Å². The normalized spacial score (nSPS) is 9.57. The molecule has 1 aromatic carbocycles. The molecule has 0 bridgehead atoms. The van der Waals surface area contributed by atoms with Crippen LogP contribution in [0.2, 0.25) is 0 Å². The van der Waals surface area contributed by atoms with Crippen molar-refractivity contribution in [2.75, 3.05) is 6.61 Å². The van der Waals surface area contributed by atoms with Crippen molar-refractivity contribution in [3.8, 4) is 18.1 Å². The average molecular weight is 414 g/mol. The number of aliphatic hydroxyl groups excluding tert-OH is 1. The van der Waals surface area contributed by atoms with Crippen molar-refractivity contribution in [3.63, 3.8) is 0 Å². The van der Waals surface area contributed by atoms with Gasteiger partial charge in [-0.25, -0.2) is 0 Å². The van der Waals surface area contributed by atoms with Crippen LogP contribution in [-0.4, -0.2) is 11.7 Å². The smallest absolute Gasteiger partial charge is 0.148 e. The van der Waals surface area contributed by atoms with Crippen molar-refractivity contribution in [1.29, 1.82) is 0 Å². The summed E-state index contributed by atoms with van der Waals surface area (Å²) in [6.07, 6.45) is 5.11. The van der Waals surface area contributed by atoms with Gasteiger partial charge in [0, 0.05) is 0 Å². The first kappa shape index (κ1) is 12.1. The number of benzene rings is 1. The van der Waals surface area contributed by atoms with E-state index in [-0.39, 0.29) is 13.2 Å². The van der Waals surface area contributed by atoms with Gasteiger partial charge in [-0.2, -0.15) is 0 Å². The first-order valence-corrected chi connectivity index (χ1v) is 5.99. The van der Waals surface area contributed by atoms with Crippen molar-refractivity contribution < 1.29 is 9.84 Å². The van der Waals surface area contributed by atoms with Gasteiger partial charge in [-0.05, 0) is 62.9 Å². The van der Waals surface area contributed by atoms with Crippen molar-refractivity contribution in [1.82, 2.24) is 0 Å². The van der Waals surface area contributed by atoms with Crippen molar-refractivity contribution in [3.05, 3.63) is 24.8 Å². The number of halogens is 2.